The second-order valence-corrected chi connectivity index (χ2v) is 12.9. The van der Waals surface area contributed by atoms with Crippen LogP contribution in [0.25, 0.3) is 0 Å². The van der Waals surface area contributed by atoms with E-state index in [9.17, 15) is 24.3 Å². The van der Waals surface area contributed by atoms with Crippen molar-refractivity contribution in [1.29, 1.82) is 0 Å². The molecule has 3 aliphatic heterocycles. The van der Waals surface area contributed by atoms with Gasteiger partial charge in [-0.1, -0.05) is 61.7 Å². The Morgan fingerprint density at radius 1 is 1.16 bits per heavy atom. The van der Waals surface area contributed by atoms with Crippen molar-refractivity contribution in [2.24, 2.45) is 11.8 Å². The zero-order chi connectivity index (χ0) is 32.1. The number of amides is 3. The number of ether oxygens (including phenoxy) is 2. The second kappa shape index (κ2) is 14.3. The van der Waals surface area contributed by atoms with Crippen LogP contribution in [0.1, 0.15) is 76.3 Å². The van der Waals surface area contributed by atoms with Gasteiger partial charge in [-0.15, -0.1) is 13.2 Å². The fourth-order valence-corrected chi connectivity index (χ4v) is 7.98. The van der Waals surface area contributed by atoms with E-state index in [-0.39, 0.29) is 43.4 Å². The van der Waals surface area contributed by atoms with Crippen LogP contribution in [0.15, 0.2) is 55.6 Å². The summed E-state index contributed by atoms with van der Waals surface area (Å²) in [5, 5.41) is 13.3. The number of nitrogens with one attached hydrogen (secondary N) is 1. The minimum absolute atomic E-state index is 0.0413. The summed E-state index contributed by atoms with van der Waals surface area (Å²) < 4.78 is 12.1. The van der Waals surface area contributed by atoms with Crippen molar-refractivity contribution in [3.8, 4) is 0 Å². The Labute approximate surface area is 265 Å². The number of aliphatic hydroxyl groups excluding tert-OH is 1. The topological polar surface area (TPSA) is 125 Å². The van der Waals surface area contributed by atoms with Crippen LogP contribution in [-0.2, 0) is 28.7 Å². The third kappa shape index (κ3) is 6.31. The minimum Gasteiger partial charge on any atom is -0.463 e. The first-order valence-corrected chi connectivity index (χ1v) is 16.4. The van der Waals surface area contributed by atoms with Gasteiger partial charge in [0.2, 0.25) is 17.7 Å². The molecule has 1 aromatic rings. The number of likely N-dealkylation sites (tertiary alicyclic amines) is 1. The van der Waals surface area contributed by atoms with E-state index in [4.69, 9.17) is 9.47 Å². The standard InChI is InChI=1S/C35H47N3O7/c1-4-6-17-28(40)44-22-26(24-13-9-7-10-14-24)36-32(41)29-27-18-19-35(45-27)30(29)33(42)38(23(3)21-39)31(35)34(43)37(20-5-2)25-15-11-8-12-16-25/h4-5,7,9-10,13-14,23,25-27,29-31,39H,1-2,6,8,11-12,15-22H2,3H3,(H,36,41)/t23-,26+,27-,29+,30+,31-,35+/m1/s1. The van der Waals surface area contributed by atoms with Crippen LogP contribution in [0.5, 0.6) is 0 Å². The number of carbonyl (C=O) groups excluding carboxylic acids is 4. The van der Waals surface area contributed by atoms with Crippen LogP contribution in [0, 0.1) is 11.8 Å². The highest BCUT2D eigenvalue weighted by Crippen LogP contribution is 2.59. The van der Waals surface area contributed by atoms with Crippen LogP contribution < -0.4 is 5.32 Å². The third-order valence-electron chi connectivity index (χ3n) is 10.1. The van der Waals surface area contributed by atoms with E-state index in [2.05, 4.69) is 18.5 Å². The molecule has 3 heterocycles. The quantitative estimate of drug-likeness (QED) is 0.241. The van der Waals surface area contributed by atoms with Gasteiger partial charge < -0.3 is 29.7 Å². The van der Waals surface area contributed by atoms with Gasteiger partial charge in [-0.05, 0) is 44.6 Å². The van der Waals surface area contributed by atoms with Crippen LogP contribution in [0.3, 0.4) is 0 Å². The number of hydrogen-bond donors (Lipinski definition) is 2. The number of allylic oxidation sites excluding steroid dienone is 1. The van der Waals surface area contributed by atoms with Crippen molar-refractivity contribution in [2.45, 2.75) is 101 Å². The molecule has 244 valence electrons. The zero-order valence-corrected chi connectivity index (χ0v) is 26.3. The molecular weight excluding hydrogens is 574 g/mol. The molecule has 45 heavy (non-hydrogen) atoms. The molecule has 5 rings (SSSR count). The number of rotatable bonds is 14. The summed E-state index contributed by atoms with van der Waals surface area (Å²) in [5.74, 6) is -3.02. The van der Waals surface area contributed by atoms with E-state index in [1.807, 2.05) is 35.2 Å². The van der Waals surface area contributed by atoms with Gasteiger partial charge in [0, 0.05) is 19.0 Å². The molecule has 0 unspecified atom stereocenters. The second-order valence-electron chi connectivity index (χ2n) is 12.9. The smallest absolute Gasteiger partial charge is 0.306 e. The van der Waals surface area contributed by atoms with E-state index >= 15 is 0 Å². The predicted molar refractivity (Wildman–Crippen MR) is 167 cm³/mol. The van der Waals surface area contributed by atoms with Crippen molar-refractivity contribution in [1.82, 2.24) is 15.1 Å². The maximum Gasteiger partial charge on any atom is 0.306 e. The molecule has 10 heteroatoms. The number of hydrogen-bond acceptors (Lipinski definition) is 7. The molecule has 2 N–H and O–H groups in total. The Morgan fingerprint density at radius 3 is 2.56 bits per heavy atom. The van der Waals surface area contributed by atoms with Crippen molar-refractivity contribution in [2.75, 3.05) is 19.8 Å². The van der Waals surface area contributed by atoms with Crippen LogP contribution in [0.4, 0.5) is 0 Å². The van der Waals surface area contributed by atoms with Crippen LogP contribution in [-0.4, -0.2) is 88.2 Å². The first-order chi connectivity index (χ1) is 21.8. The van der Waals surface area contributed by atoms with Crippen LogP contribution in [0.2, 0.25) is 0 Å². The Bertz CT molecular complexity index is 1260. The largest absolute Gasteiger partial charge is 0.463 e. The molecule has 7 atom stereocenters. The molecule has 0 radical (unpaired) electrons. The molecule has 4 aliphatic rings. The maximum absolute atomic E-state index is 14.6. The number of nitrogens with zero attached hydrogens (tertiary/aromatic N) is 2. The number of carbonyl (C=O) groups is 4. The molecule has 1 saturated carbocycles. The molecule has 10 nitrogen and oxygen atoms in total. The molecule has 4 fully saturated rings. The van der Waals surface area contributed by atoms with Crippen molar-refractivity contribution < 1.29 is 33.8 Å². The highest BCUT2D eigenvalue weighted by atomic mass is 16.5. The van der Waals surface area contributed by atoms with Gasteiger partial charge in [0.15, 0.2) is 0 Å². The van der Waals surface area contributed by atoms with Gasteiger partial charge in [-0.3, -0.25) is 19.2 Å². The molecular formula is C35H47N3O7. The van der Waals surface area contributed by atoms with Crippen molar-refractivity contribution >= 4 is 23.7 Å². The predicted octanol–water partition coefficient (Wildman–Crippen LogP) is 3.46. The summed E-state index contributed by atoms with van der Waals surface area (Å²) >= 11 is 0. The van der Waals surface area contributed by atoms with E-state index in [0.717, 1.165) is 37.7 Å². The normalized spacial score (nSPS) is 28.7. The van der Waals surface area contributed by atoms with E-state index in [1.54, 1.807) is 19.1 Å². The van der Waals surface area contributed by atoms with Crippen LogP contribution >= 0.6 is 0 Å². The molecule has 3 saturated heterocycles. The molecule has 1 spiro atoms. The lowest BCUT2D eigenvalue weighted by Gasteiger charge is -2.41. The van der Waals surface area contributed by atoms with E-state index in [1.165, 1.54) is 4.90 Å². The van der Waals surface area contributed by atoms with Crippen molar-refractivity contribution in [3.05, 3.63) is 61.2 Å². The number of aliphatic hydroxyl groups is 1. The van der Waals surface area contributed by atoms with Crippen molar-refractivity contribution in [3.63, 3.8) is 0 Å². The lowest BCUT2D eigenvalue weighted by atomic mass is 9.70. The highest BCUT2D eigenvalue weighted by Gasteiger charge is 2.75. The molecule has 3 amide bonds. The summed E-state index contributed by atoms with van der Waals surface area (Å²) in [7, 11) is 0. The molecule has 1 aliphatic carbocycles. The maximum atomic E-state index is 14.6. The van der Waals surface area contributed by atoms with Gasteiger partial charge in [0.05, 0.1) is 36.6 Å². The Kier molecular flexibility index (Phi) is 10.4. The monoisotopic (exact) mass is 621 g/mol. The van der Waals surface area contributed by atoms with E-state index in [0.29, 0.717) is 25.8 Å². The fraction of sp³-hybridized carbons (Fsp3) is 0.600. The third-order valence-corrected chi connectivity index (χ3v) is 10.1. The van der Waals surface area contributed by atoms with Gasteiger partial charge in [0.1, 0.15) is 18.2 Å². The Balaban J connectivity index is 1.43. The van der Waals surface area contributed by atoms with Gasteiger partial charge in [-0.2, -0.15) is 0 Å². The Morgan fingerprint density at radius 2 is 1.89 bits per heavy atom. The van der Waals surface area contributed by atoms with E-state index < -0.39 is 47.6 Å². The lowest BCUT2D eigenvalue weighted by molar-refractivity contribution is -0.152. The molecule has 0 aromatic heterocycles. The molecule has 2 bridgehead atoms. The number of fused-ring (bicyclic) bond motifs is 1. The Hall–Kier alpha value is -3.50. The molecule has 1 aromatic carbocycles. The van der Waals surface area contributed by atoms with Gasteiger partial charge in [-0.25, -0.2) is 0 Å². The first-order valence-electron chi connectivity index (χ1n) is 16.4. The summed E-state index contributed by atoms with van der Waals surface area (Å²) in [5.41, 5.74) is -0.410. The fourth-order valence-electron chi connectivity index (χ4n) is 7.98. The lowest BCUT2D eigenvalue weighted by Crippen LogP contribution is -2.60. The average molecular weight is 622 g/mol. The minimum atomic E-state index is -1.17. The van der Waals surface area contributed by atoms with Gasteiger partial charge in [0.25, 0.3) is 0 Å². The SMILES string of the molecule is C=CCCC(=O)OC[C@H](NC(=O)[C@@H]1[C@H]2C(=O)N([C@H](C)CO)[C@H](C(=O)N(CC=C)C3CCCCC3)[C@]23CC[C@H]1O3)c1ccccc1. The zero-order valence-electron chi connectivity index (χ0n) is 26.3. The van der Waals surface area contributed by atoms with Gasteiger partial charge >= 0.3 is 5.97 Å². The number of benzene rings is 1. The highest BCUT2D eigenvalue weighted by molar-refractivity contribution is 5.99. The first kappa shape index (κ1) is 32.9. The summed E-state index contributed by atoms with van der Waals surface area (Å²) in [6.45, 7) is 9.22. The summed E-state index contributed by atoms with van der Waals surface area (Å²) in [4.78, 5) is 58.7. The number of esters is 1. The summed E-state index contributed by atoms with van der Waals surface area (Å²) in [6.07, 6.45) is 9.49. The average Bonchev–Trinajstić information content (AvgIpc) is 3.72. The summed E-state index contributed by atoms with van der Waals surface area (Å²) in [6, 6.07) is 7.06.